The summed E-state index contributed by atoms with van der Waals surface area (Å²) >= 11 is 5.88. The number of nitrogens with zero attached hydrogens (tertiary/aromatic N) is 2. The first kappa shape index (κ1) is 23.4. The second kappa shape index (κ2) is 10.4. The number of rotatable bonds is 6. The Morgan fingerprint density at radius 1 is 1.03 bits per heavy atom. The predicted molar refractivity (Wildman–Crippen MR) is 132 cm³/mol. The standard InChI is InChI=1S/C25H25ClN4O4/c1-33-22-14-13-20(23(29-22)34-2)16-5-11-19(12-6-16)30-15-3-4-21(24(30)31)28-25(32)27-18-9-7-17(26)8-10-18/h5-14,21H,3-4,15H2,1-2H3,(H2,27,28,32)/t21-/m1/s1. The SMILES string of the molecule is COc1ccc(-c2ccc(N3CCC[C@@H](NC(=O)Nc4ccc(Cl)cc4)C3=O)cc2)c(OC)n1. The van der Waals surface area contributed by atoms with Crippen LogP contribution in [0, 0.1) is 0 Å². The van der Waals surface area contributed by atoms with E-state index in [9.17, 15) is 9.59 Å². The lowest BCUT2D eigenvalue weighted by atomic mass is 10.0. The molecule has 1 atom stereocenters. The minimum atomic E-state index is -0.605. The summed E-state index contributed by atoms with van der Waals surface area (Å²) in [5.74, 6) is 0.779. The lowest BCUT2D eigenvalue weighted by Gasteiger charge is -2.32. The van der Waals surface area contributed by atoms with Gasteiger partial charge in [0.2, 0.25) is 17.7 Å². The summed E-state index contributed by atoms with van der Waals surface area (Å²) in [6, 6.07) is 17.0. The van der Waals surface area contributed by atoms with Crippen LogP contribution >= 0.6 is 11.6 Å². The van der Waals surface area contributed by atoms with Gasteiger partial charge in [0.05, 0.1) is 14.2 Å². The molecule has 34 heavy (non-hydrogen) atoms. The number of hydrogen-bond acceptors (Lipinski definition) is 5. The number of methoxy groups -OCH3 is 2. The molecule has 176 valence electrons. The van der Waals surface area contributed by atoms with E-state index in [1.807, 2.05) is 30.3 Å². The second-order valence-corrected chi connectivity index (χ2v) is 8.18. The quantitative estimate of drug-likeness (QED) is 0.531. The number of piperidine rings is 1. The molecule has 0 saturated carbocycles. The summed E-state index contributed by atoms with van der Waals surface area (Å²) in [6.07, 6.45) is 1.35. The maximum Gasteiger partial charge on any atom is 0.319 e. The van der Waals surface area contributed by atoms with Crippen LogP contribution in [-0.4, -0.2) is 43.7 Å². The summed E-state index contributed by atoms with van der Waals surface area (Å²) in [5, 5.41) is 6.09. The molecule has 4 rings (SSSR count). The van der Waals surface area contributed by atoms with Crippen molar-refractivity contribution in [1.82, 2.24) is 10.3 Å². The van der Waals surface area contributed by atoms with Crippen LogP contribution in [0.2, 0.25) is 5.02 Å². The van der Waals surface area contributed by atoms with E-state index in [2.05, 4.69) is 15.6 Å². The number of amides is 3. The van der Waals surface area contributed by atoms with Crippen molar-refractivity contribution >= 4 is 34.9 Å². The zero-order chi connectivity index (χ0) is 24.1. The normalized spacial score (nSPS) is 15.6. The number of benzene rings is 2. The average Bonchev–Trinajstić information content (AvgIpc) is 2.86. The topological polar surface area (TPSA) is 92.8 Å². The largest absolute Gasteiger partial charge is 0.481 e. The molecule has 1 fully saturated rings. The van der Waals surface area contributed by atoms with Gasteiger partial charge in [-0.1, -0.05) is 23.7 Å². The number of carbonyl (C=O) groups excluding carboxylic acids is 2. The summed E-state index contributed by atoms with van der Waals surface area (Å²) in [6.45, 7) is 0.586. The van der Waals surface area contributed by atoms with Gasteiger partial charge in [-0.05, 0) is 60.9 Å². The third-order valence-corrected chi connectivity index (χ3v) is 5.83. The Balaban J connectivity index is 1.44. The fourth-order valence-electron chi connectivity index (χ4n) is 3.86. The molecule has 2 aromatic carbocycles. The monoisotopic (exact) mass is 480 g/mol. The fourth-order valence-corrected chi connectivity index (χ4v) is 3.98. The second-order valence-electron chi connectivity index (χ2n) is 7.75. The van der Waals surface area contributed by atoms with Gasteiger partial charge in [0.1, 0.15) is 6.04 Å². The molecule has 9 heteroatoms. The van der Waals surface area contributed by atoms with Crippen LogP contribution in [0.5, 0.6) is 11.8 Å². The van der Waals surface area contributed by atoms with E-state index in [1.54, 1.807) is 49.5 Å². The zero-order valence-corrected chi connectivity index (χ0v) is 19.6. The molecule has 0 spiro atoms. The molecule has 1 aliphatic rings. The van der Waals surface area contributed by atoms with Crippen LogP contribution in [0.1, 0.15) is 12.8 Å². The van der Waals surface area contributed by atoms with E-state index in [4.69, 9.17) is 21.1 Å². The molecule has 3 aromatic rings. The third-order valence-electron chi connectivity index (χ3n) is 5.57. The first-order valence-corrected chi connectivity index (χ1v) is 11.2. The molecule has 2 N–H and O–H groups in total. The number of aromatic nitrogens is 1. The van der Waals surface area contributed by atoms with Crippen LogP contribution in [0.15, 0.2) is 60.7 Å². The van der Waals surface area contributed by atoms with E-state index in [0.29, 0.717) is 35.4 Å². The number of carbonyl (C=O) groups is 2. The lowest BCUT2D eigenvalue weighted by molar-refractivity contribution is -0.121. The minimum absolute atomic E-state index is 0.144. The molecule has 2 heterocycles. The summed E-state index contributed by atoms with van der Waals surface area (Å²) in [7, 11) is 3.11. The van der Waals surface area contributed by atoms with Gasteiger partial charge in [-0.2, -0.15) is 4.98 Å². The summed E-state index contributed by atoms with van der Waals surface area (Å²) in [4.78, 5) is 31.5. The predicted octanol–water partition coefficient (Wildman–Crippen LogP) is 4.74. The highest BCUT2D eigenvalue weighted by atomic mass is 35.5. The number of urea groups is 1. The van der Waals surface area contributed by atoms with Crippen LogP contribution in [0.25, 0.3) is 11.1 Å². The van der Waals surface area contributed by atoms with E-state index in [-0.39, 0.29) is 5.91 Å². The smallest absolute Gasteiger partial charge is 0.319 e. The highest BCUT2D eigenvalue weighted by Crippen LogP contribution is 2.32. The van der Waals surface area contributed by atoms with Gasteiger partial charge in [-0.15, -0.1) is 0 Å². The van der Waals surface area contributed by atoms with Gasteiger partial charge in [0.25, 0.3) is 0 Å². The molecule has 1 aromatic heterocycles. The van der Waals surface area contributed by atoms with Crippen LogP contribution in [0.3, 0.4) is 0 Å². The first-order valence-electron chi connectivity index (χ1n) is 10.8. The Bertz CT molecular complexity index is 1170. The average molecular weight is 481 g/mol. The Morgan fingerprint density at radius 3 is 2.44 bits per heavy atom. The van der Waals surface area contributed by atoms with Crippen molar-refractivity contribution < 1.29 is 19.1 Å². The summed E-state index contributed by atoms with van der Waals surface area (Å²) < 4.78 is 10.6. The maximum atomic E-state index is 13.1. The Labute approximate surface area is 202 Å². The fraction of sp³-hybridized carbons (Fsp3) is 0.240. The van der Waals surface area contributed by atoms with Crippen molar-refractivity contribution in [2.75, 3.05) is 31.0 Å². The zero-order valence-electron chi connectivity index (χ0n) is 18.9. The number of anilines is 2. The lowest BCUT2D eigenvalue weighted by Crippen LogP contribution is -2.53. The highest BCUT2D eigenvalue weighted by molar-refractivity contribution is 6.30. The molecule has 3 amide bonds. The number of halogens is 1. The first-order chi connectivity index (χ1) is 16.5. The molecular weight excluding hydrogens is 456 g/mol. The van der Waals surface area contributed by atoms with E-state index < -0.39 is 12.1 Å². The van der Waals surface area contributed by atoms with Crippen molar-refractivity contribution in [2.45, 2.75) is 18.9 Å². The number of ether oxygens (including phenoxy) is 2. The molecule has 8 nitrogen and oxygen atoms in total. The number of hydrogen-bond donors (Lipinski definition) is 2. The van der Waals surface area contributed by atoms with Gasteiger partial charge in [0.15, 0.2) is 0 Å². The molecule has 1 aliphatic heterocycles. The molecule has 0 unspecified atom stereocenters. The maximum absolute atomic E-state index is 13.1. The van der Waals surface area contributed by atoms with Crippen LogP contribution in [-0.2, 0) is 4.79 Å². The molecule has 0 radical (unpaired) electrons. The minimum Gasteiger partial charge on any atom is -0.481 e. The van der Waals surface area contributed by atoms with Crippen LogP contribution < -0.4 is 25.0 Å². The Hall–Kier alpha value is -3.78. The van der Waals surface area contributed by atoms with Crippen molar-refractivity contribution in [3.63, 3.8) is 0 Å². The van der Waals surface area contributed by atoms with Crippen molar-refractivity contribution in [1.29, 1.82) is 0 Å². The van der Waals surface area contributed by atoms with E-state index in [1.165, 1.54) is 0 Å². The molecule has 0 aliphatic carbocycles. The third kappa shape index (κ3) is 5.23. The van der Waals surface area contributed by atoms with E-state index >= 15 is 0 Å². The highest BCUT2D eigenvalue weighted by Gasteiger charge is 2.31. The number of nitrogens with one attached hydrogen (secondary N) is 2. The molecule has 1 saturated heterocycles. The molecule has 0 bridgehead atoms. The van der Waals surface area contributed by atoms with Gasteiger partial charge >= 0.3 is 6.03 Å². The van der Waals surface area contributed by atoms with Crippen molar-refractivity contribution in [2.24, 2.45) is 0 Å². The van der Waals surface area contributed by atoms with Gasteiger partial charge < -0.3 is 25.0 Å². The number of pyridine rings is 1. The van der Waals surface area contributed by atoms with Gasteiger partial charge in [0, 0.05) is 34.6 Å². The Kier molecular flexibility index (Phi) is 7.18. The van der Waals surface area contributed by atoms with Crippen LogP contribution in [0.4, 0.5) is 16.2 Å². The van der Waals surface area contributed by atoms with Gasteiger partial charge in [-0.3, -0.25) is 4.79 Å². The van der Waals surface area contributed by atoms with Crippen molar-refractivity contribution in [3.8, 4) is 22.9 Å². The van der Waals surface area contributed by atoms with Gasteiger partial charge in [-0.25, -0.2) is 4.79 Å². The Morgan fingerprint density at radius 2 is 1.76 bits per heavy atom. The summed E-state index contributed by atoms with van der Waals surface area (Å²) in [5.41, 5.74) is 3.08. The van der Waals surface area contributed by atoms with Crippen molar-refractivity contribution in [3.05, 3.63) is 65.7 Å². The molecular formula is C25H25ClN4O4. The van der Waals surface area contributed by atoms with E-state index in [0.717, 1.165) is 23.2 Å².